The third-order valence-electron chi connectivity index (χ3n) is 7.29. The van der Waals surface area contributed by atoms with E-state index in [-0.39, 0.29) is 12.4 Å². The van der Waals surface area contributed by atoms with Crippen LogP contribution in [0, 0.1) is 5.92 Å². The maximum Gasteiger partial charge on any atom is 0.303 e. The van der Waals surface area contributed by atoms with E-state index in [9.17, 15) is 29.4 Å². The van der Waals surface area contributed by atoms with E-state index in [1.165, 1.54) is 13.8 Å². The molecule has 2 aromatic carbocycles. The molecule has 220 valence electrons. The second-order valence-corrected chi connectivity index (χ2v) is 10.6. The largest absolute Gasteiger partial charge is 0.508 e. The van der Waals surface area contributed by atoms with Gasteiger partial charge in [-0.15, -0.1) is 0 Å². The Morgan fingerprint density at radius 3 is 2.22 bits per heavy atom. The smallest absolute Gasteiger partial charge is 0.303 e. The fraction of sp³-hybridized carbons (Fsp3) is 0.448. The maximum atomic E-state index is 12.4. The molecule has 0 radical (unpaired) electrons. The minimum absolute atomic E-state index is 0.108. The Morgan fingerprint density at radius 1 is 1.00 bits per heavy atom. The molecule has 2 heterocycles. The highest BCUT2D eigenvalue weighted by Crippen LogP contribution is 2.56. The van der Waals surface area contributed by atoms with Crippen molar-refractivity contribution in [1.82, 2.24) is 0 Å². The van der Waals surface area contributed by atoms with E-state index in [0.29, 0.717) is 22.6 Å². The van der Waals surface area contributed by atoms with Gasteiger partial charge in [0.1, 0.15) is 18.0 Å². The molecule has 0 aromatic heterocycles. The number of carbonyl (C=O) groups excluding carboxylic acids is 3. The van der Waals surface area contributed by atoms with Crippen molar-refractivity contribution in [3.63, 3.8) is 0 Å². The lowest BCUT2D eigenvalue weighted by Crippen LogP contribution is -2.67. The zero-order valence-corrected chi connectivity index (χ0v) is 23.7. The van der Waals surface area contributed by atoms with Gasteiger partial charge in [0.05, 0.1) is 18.9 Å². The van der Waals surface area contributed by atoms with Gasteiger partial charge >= 0.3 is 23.9 Å². The molecule has 2 aliphatic heterocycles. The zero-order valence-electron chi connectivity index (χ0n) is 22.9. The van der Waals surface area contributed by atoms with E-state index in [1.54, 1.807) is 42.5 Å². The molecule has 0 saturated carbocycles. The van der Waals surface area contributed by atoms with Gasteiger partial charge in [0.2, 0.25) is 5.79 Å². The number of rotatable bonds is 9. The molecule has 4 rings (SSSR count). The lowest BCUT2D eigenvalue weighted by Gasteiger charge is -2.51. The predicted octanol–water partition coefficient (Wildman–Crippen LogP) is 3.49. The molecule has 41 heavy (non-hydrogen) atoms. The topological polar surface area (TPSA) is 155 Å². The number of aliphatic carboxylic acids is 1. The number of ether oxygens (including phenoxy) is 5. The normalized spacial score (nSPS) is 27.5. The maximum absolute atomic E-state index is 12.4. The van der Waals surface area contributed by atoms with Crippen LogP contribution < -0.4 is 0 Å². The average Bonchev–Trinajstić information content (AvgIpc) is 3.25. The minimum atomic E-state index is -1.87. The summed E-state index contributed by atoms with van der Waals surface area (Å²) in [5.74, 6) is -6.31. The van der Waals surface area contributed by atoms with Crippen molar-refractivity contribution in [3.05, 3.63) is 64.2 Å². The van der Waals surface area contributed by atoms with Crippen LogP contribution in [0.2, 0.25) is 5.02 Å². The van der Waals surface area contributed by atoms with Gasteiger partial charge in [-0.1, -0.05) is 29.8 Å². The average molecular weight is 591 g/mol. The standard InChI is InChI=1S/C29H31ClO11/c1-15(38-16(2)31)28-14-37-29(41-28,27(40-18(4)33)23(13-25(35)36)26(28)39-17(3)32)21-7-10-24(30)20(12-21)11-19-5-8-22(34)9-6-19/h5-10,12,15,23,26-27,34H,11,13-14H2,1-4H3,(H,35,36)/t15?,23-,26-,27+,28+,29-/m0/s1. The van der Waals surface area contributed by atoms with Crippen LogP contribution in [0.3, 0.4) is 0 Å². The second kappa shape index (κ2) is 11.7. The lowest BCUT2D eigenvalue weighted by molar-refractivity contribution is -0.331. The Balaban J connectivity index is 1.90. The number of benzene rings is 2. The van der Waals surface area contributed by atoms with Crippen LogP contribution in [-0.4, -0.2) is 64.6 Å². The molecule has 2 fully saturated rings. The molecule has 11 nitrogen and oxygen atoms in total. The summed E-state index contributed by atoms with van der Waals surface area (Å²) in [4.78, 5) is 48.7. The van der Waals surface area contributed by atoms with Gasteiger partial charge in [0.25, 0.3) is 0 Å². The molecule has 2 aromatic rings. The van der Waals surface area contributed by atoms with E-state index in [0.717, 1.165) is 19.4 Å². The van der Waals surface area contributed by atoms with Crippen LogP contribution in [0.4, 0.5) is 0 Å². The summed E-state index contributed by atoms with van der Waals surface area (Å²) in [6.07, 6.45) is -4.01. The fourth-order valence-corrected chi connectivity index (χ4v) is 5.80. The van der Waals surface area contributed by atoms with Crippen molar-refractivity contribution in [2.75, 3.05) is 6.61 Å². The van der Waals surface area contributed by atoms with Crippen molar-refractivity contribution in [1.29, 1.82) is 0 Å². The Morgan fingerprint density at radius 2 is 1.63 bits per heavy atom. The van der Waals surface area contributed by atoms with Crippen molar-refractivity contribution < 1.29 is 53.1 Å². The van der Waals surface area contributed by atoms with E-state index in [2.05, 4.69) is 0 Å². The molecular formula is C29H31ClO11. The summed E-state index contributed by atoms with van der Waals surface area (Å²) in [6, 6.07) is 11.5. The molecule has 2 saturated heterocycles. The summed E-state index contributed by atoms with van der Waals surface area (Å²) in [7, 11) is 0. The monoisotopic (exact) mass is 590 g/mol. The Hall–Kier alpha value is -3.67. The van der Waals surface area contributed by atoms with E-state index >= 15 is 0 Å². The molecule has 12 heteroatoms. The highest BCUT2D eigenvalue weighted by molar-refractivity contribution is 6.31. The Bertz CT molecular complexity index is 1340. The third kappa shape index (κ3) is 6.02. The number of esters is 3. The highest BCUT2D eigenvalue weighted by atomic mass is 35.5. The number of carboxylic acids is 1. The first kappa shape index (κ1) is 30.3. The van der Waals surface area contributed by atoms with Gasteiger partial charge in [-0.05, 0) is 48.7 Å². The summed E-state index contributed by atoms with van der Waals surface area (Å²) >= 11 is 6.54. The first-order valence-corrected chi connectivity index (χ1v) is 13.3. The van der Waals surface area contributed by atoms with E-state index in [1.807, 2.05) is 0 Å². The summed E-state index contributed by atoms with van der Waals surface area (Å²) in [5, 5.41) is 19.9. The van der Waals surface area contributed by atoms with Crippen molar-refractivity contribution in [2.24, 2.45) is 5.92 Å². The predicted molar refractivity (Wildman–Crippen MR) is 142 cm³/mol. The minimum Gasteiger partial charge on any atom is -0.508 e. The first-order chi connectivity index (χ1) is 19.3. The van der Waals surface area contributed by atoms with Crippen molar-refractivity contribution in [2.45, 2.75) is 70.2 Å². The molecule has 0 spiro atoms. The Labute approximate surface area is 241 Å². The molecular weight excluding hydrogens is 560 g/mol. The zero-order chi connectivity index (χ0) is 30.1. The van der Waals surface area contributed by atoms with Gasteiger partial charge in [-0.2, -0.15) is 0 Å². The molecule has 2 aliphatic rings. The number of hydrogen-bond acceptors (Lipinski definition) is 10. The summed E-state index contributed by atoms with van der Waals surface area (Å²) in [6.45, 7) is 4.74. The number of phenols is 1. The van der Waals surface area contributed by atoms with Crippen LogP contribution in [0.25, 0.3) is 0 Å². The number of carboxylic acid groups (broad SMARTS) is 1. The van der Waals surface area contributed by atoms with Crippen LogP contribution in [0.5, 0.6) is 5.75 Å². The van der Waals surface area contributed by atoms with Crippen LogP contribution in [0.1, 0.15) is 50.8 Å². The number of aromatic hydroxyl groups is 1. The highest BCUT2D eigenvalue weighted by Gasteiger charge is 2.72. The number of carbonyl (C=O) groups is 4. The third-order valence-corrected chi connectivity index (χ3v) is 7.66. The SMILES string of the molecule is CC(=O)OC(C)[C@@]12CO[C@@](c3ccc(Cl)c(Cc4ccc(O)cc4)c3)(O1)[C@H](OC(C)=O)[C@@H](CC(=O)O)[C@@H]2OC(C)=O. The molecule has 1 unspecified atom stereocenters. The molecule has 2 bridgehead atoms. The molecule has 2 N–H and O–H groups in total. The number of halogens is 1. The van der Waals surface area contributed by atoms with Crippen LogP contribution in [0.15, 0.2) is 42.5 Å². The molecule has 6 atom stereocenters. The van der Waals surface area contributed by atoms with Crippen molar-refractivity contribution in [3.8, 4) is 5.75 Å². The first-order valence-electron chi connectivity index (χ1n) is 12.9. The number of fused-ring (bicyclic) bond motifs is 2. The quantitative estimate of drug-likeness (QED) is 0.325. The van der Waals surface area contributed by atoms with Gasteiger partial charge in [0.15, 0.2) is 11.7 Å². The second-order valence-electron chi connectivity index (χ2n) is 10.2. The van der Waals surface area contributed by atoms with Crippen molar-refractivity contribution >= 4 is 35.5 Å². The Kier molecular flexibility index (Phi) is 8.62. The van der Waals surface area contributed by atoms with Crippen LogP contribution in [-0.2, 0) is 55.1 Å². The number of phenolic OH excluding ortho intramolecular Hbond substituents is 1. The molecule has 0 aliphatic carbocycles. The van der Waals surface area contributed by atoms with E-state index in [4.69, 9.17) is 35.3 Å². The van der Waals surface area contributed by atoms with E-state index < -0.39 is 65.9 Å². The van der Waals surface area contributed by atoms with Gasteiger partial charge < -0.3 is 33.9 Å². The summed E-state index contributed by atoms with van der Waals surface area (Å²) < 4.78 is 29.7. The summed E-state index contributed by atoms with van der Waals surface area (Å²) in [5.41, 5.74) is 0.186. The lowest BCUT2D eigenvalue weighted by atomic mass is 9.73. The molecule has 0 amide bonds. The van der Waals surface area contributed by atoms with Gasteiger partial charge in [0, 0.05) is 31.4 Å². The van der Waals surface area contributed by atoms with Gasteiger partial charge in [-0.25, -0.2) is 0 Å². The van der Waals surface area contributed by atoms with Crippen LogP contribution >= 0.6 is 11.6 Å². The fourth-order valence-electron chi connectivity index (χ4n) is 5.62. The number of hydrogen-bond donors (Lipinski definition) is 2. The van der Waals surface area contributed by atoms with Gasteiger partial charge in [-0.3, -0.25) is 19.2 Å².